The van der Waals surface area contributed by atoms with Crippen LogP contribution in [0.5, 0.6) is 0 Å². The normalized spacial score (nSPS) is 10.8. The van der Waals surface area contributed by atoms with Crippen molar-refractivity contribution in [2.24, 2.45) is 0 Å². The van der Waals surface area contributed by atoms with Gasteiger partial charge in [0, 0.05) is 24.7 Å². The van der Waals surface area contributed by atoms with Crippen LogP contribution in [0.4, 0.5) is 0 Å². The molecule has 0 unspecified atom stereocenters. The van der Waals surface area contributed by atoms with Crippen molar-refractivity contribution in [1.29, 1.82) is 0 Å². The van der Waals surface area contributed by atoms with Crippen LogP contribution in [0.2, 0.25) is 0 Å². The average Bonchev–Trinajstić information content (AvgIpc) is 3.26. The first-order chi connectivity index (χ1) is 15.7. The summed E-state index contributed by atoms with van der Waals surface area (Å²) in [5.74, 6) is 0.249. The zero-order valence-electron chi connectivity index (χ0n) is 17.8. The topological polar surface area (TPSA) is 85.6 Å². The fourth-order valence-corrected chi connectivity index (χ4v) is 4.01. The monoisotopic (exact) mass is 444 g/mol. The van der Waals surface area contributed by atoms with Gasteiger partial charge in [-0.3, -0.25) is 4.79 Å². The number of aromatic nitrogens is 5. The van der Waals surface area contributed by atoms with Crippen molar-refractivity contribution in [3.63, 3.8) is 0 Å². The molecule has 8 heteroatoms. The Bertz CT molecular complexity index is 1150. The van der Waals surface area contributed by atoms with E-state index in [9.17, 15) is 4.79 Å². The number of nitrogens with zero attached hydrogens (tertiary/aromatic N) is 5. The molecule has 0 saturated heterocycles. The predicted octanol–water partition coefficient (Wildman–Crippen LogP) is 4.02. The Balaban J connectivity index is 1.48. The summed E-state index contributed by atoms with van der Waals surface area (Å²) in [4.78, 5) is 21.4. The molecule has 4 rings (SSSR count). The van der Waals surface area contributed by atoms with E-state index in [4.69, 9.17) is 0 Å². The number of nitrogens with one attached hydrogen (secondary N) is 1. The number of carbonyl (C=O) groups excluding carboxylic acids is 1. The molecule has 0 saturated carbocycles. The molecule has 1 N–H and O–H groups in total. The number of rotatable bonds is 9. The third-order valence-corrected chi connectivity index (χ3v) is 5.79. The summed E-state index contributed by atoms with van der Waals surface area (Å²) < 4.78 is 1.72. The average molecular weight is 445 g/mol. The Hall–Kier alpha value is -3.52. The molecule has 162 valence electrons. The standard InChI is InChI=1S/C24H24N6OS/c1-18-10-12-20(13-11-18)30-21(17-32-24-26-15-6-16-27-24)22(28-29-30)23(31)25-14-5-9-19-7-3-2-4-8-19/h2-4,6-8,10-13,15-16H,5,9,14,17H2,1H3,(H,25,31). The lowest BCUT2D eigenvalue weighted by molar-refractivity contribution is 0.0947. The summed E-state index contributed by atoms with van der Waals surface area (Å²) in [6.07, 6.45) is 5.16. The van der Waals surface area contributed by atoms with Crippen LogP contribution in [0.1, 0.15) is 33.7 Å². The van der Waals surface area contributed by atoms with Crippen LogP contribution in [0, 0.1) is 6.92 Å². The highest BCUT2D eigenvalue weighted by molar-refractivity contribution is 7.98. The number of amides is 1. The Kier molecular flexibility index (Phi) is 7.24. The van der Waals surface area contributed by atoms with Crippen LogP contribution >= 0.6 is 11.8 Å². The fraction of sp³-hybridized carbons (Fsp3) is 0.208. The van der Waals surface area contributed by atoms with E-state index in [1.807, 2.05) is 49.4 Å². The molecule has 2 aromatic heterocycles. The van der Waals surface area contributed by atoms with E-state index in [1.54, 1.807) is 23.1 Å². The molecule has 0 bridgehead atoms. The molecule has 0 aliphatic rings. The Morgan fingerprint density at radius 2 is 1.75 bits per heavy atom. The molecule has 0 radical (unpaired) electrons. The molecular formula is C24H24N6OS. The second kappa shape index (κ2) is 10.7. The number of hydrogen-bond acceptors (Lipinski definition) is 6. The molecule has 0 aliphatic carbocycles. The Morgan fingerprint density at radius 1 is 1.00 bits per heavy atom. The quantitative estimate of drug-likeness (QED) is 0.238. The van der Waals surface area contributed by atoms with Gasteiger partial charge in [-0.1, -0.05) is 65.0 Å². The maximum Gasteiger partial charge on any atom is 0.273 e. The molecule has 0 aliphatic heterocycles. The Labute approximate surface area is 191 Å². The van der Waals surface area contributed by atoms with Gasteiger partial charge in [0.2, 0.25) is 0 Å². The van der Waals surface area contributed by atoms with Gasteiger partial charge in [-0.15, -0.1) is 5.10 Å². The molecule has 32 heavy (non-hydrogen) atoms. The molecule has 0 spiro atoms. The third-order valence-electron chi connectivity index (χ3n) is 4.91. The second-order valence-electron chi connectivity index (χ2n) is 7.30. The van der Waals surface area contributed by atoms with E-state index in [1.165, 1.54) is 17.3 Å². The minimum absolute atomic E-state index is 0.221. The van der Waals surface area contributed by atoms with Crippen molar-refractivity contribution in [3.05, 3.63) is 95.6 Å². The fourth-order valence-electron chi connectivity index (χ4n) is 3.22. The van der Waals surface area contributed by atoms with Crippen molar-refractivity contribution >= 4 is 17.7 Å². The van der Waals surface area contributed by atoms with Gasteiger partial charge in [-0.2, -0.15) is 0 Å². The lowest BCUT2D eigenvalue weighted by Crippen LogP contribution is -2.26. The smallest absolute Gasteiger partial charge is 0.273 e. The van der Waals surface area contributed by atoms with Gasteiger partial charge in [0.1, 0.15) is 0 Å². The first-order valence-electron chi connectivity index (χ1n) is 10.4. The molecular weight excluding hydrogens is 420 g/mol. The zero-order valence-corrected chi connectivity index (χ0v) is 18.6. The van der Waals surface area contributed by atoms with Gasteiger partial charge in [-0.25, -0.2) is 14.6 Å². The molecule has 0 fully saturated rings. The van der Waals surface area contributed by atoms with Gasteiger partial charge in [0.05, 0.1) is 11.4 Å². The molecule has 2 aromatic carbocycles. The number of thioether (sulfide) groups is 1. The summed E-state index contributed by atoms with van der Waals surface area (Å²) in [7, 11) is 0. The molecule has 1 amide bonds. The van der Waals surface area contributed by atoms with Gasteiger partial charge in [0.15, 0.2) is 10.9 Å². The van der Waals surface area contributed by atoms with E-state index in [0.29, 0.717) is 28.8 Å². The summed E-state index contributed by atoms with van der Waals surface area (Å²) in [6.45, 7) is 2.60. The molecule has 4 aromatic rings. The number of benzene rings is 2. The first-order valence-corrected chi connectivity index (χ1v) is 11.4. The van der Waals surface area contributed by atoms with Crippen molar-refractivity contribution < 1.29 is 4.79 Å². The maximum atomic E-state index is 12.9. The van der Waals surface area contributed by atoms with E-state index >= 15 is 0 Å². The lowest BCUT2D eigenvalue weighted by atomic mass is 10.1. The largest absolute Gasteiger partial charge is 0.351 e. The van der Waals surface area contributed by atoms with Crippen molar-refractivity contribution in [2.75, 3.05) is 6.54 Å². The van der Waals surface area contributed by atoms with Crippen LogP contribution in [0.25, 0.3) is 5.69 Å². The van der Waals surface area contributed by atoms with E-state index in [2.05, 4.69) is 37.7 Å². The highest BCUT2D eigenvalue weighted by Gasteiger charge is 2.21. The van der Waals surface area contributed by atoms with Crippen molar-refractivity contribution in [3.8, 4) is 5.69 Å². The van der Waals surface area contributed by atoms with Crippen LogP contribution in [0.15, 0.2) is 78.2 Å². The summed E-state index contributed by atoms with van der Waals surface area (Å²) in [6, 6.07) is 20.0. The number of aryl methyl sites for hydroxylation is 2. The molecule has 0 atom stereocenters. The predicted molar refractivity (Wildman–Crippen MR) is 125 cm³/mol. The van der Waals surface area contributed by atoms with Gasteiger partial charge in [0.25, 0.3) is 5.91 Å². The van der Waals surface area contributed by atoms with E-state index in [0.717, 1.165) is 24.1 Å². The maximum absolute atomic E-state index is 12.9. The second-order valence-corrected chi connectivity index (χ2v) is 8.24. The number of carbonyl (C=O) groups is 1. The van der Waals surface area contributed by atoms with Crippen LogP contribution in [-0.2, 0) is 12.2 Å². The number of hydrogen-bond donors (Lipinski definition) is 1. The van der Waals surface area contributed by atoms with Crippen LogP contribution in [0.3, 0.4) is 0 Å². The Morgan fingerprint density at radius 3 is 2.50 bits per heavy atom. The summed E-state index contributed by atoms with van der Waals surface area (Å²) >= 11 is 1.44. The van der Waals surface area contributed by atoms with E-state index < -0.39 is 0 Å². The third kappa shape index (κ3) is 5.59. The van der Waals surface area contributed by atoms with Crippen molar-refractivity contribution in [2.45, 2.75) is 30.7 Å². The van der Waals surface area contributed by atoms with Gasteiger partial charge >= 0.3 is 0 Å². The SMILES string of the molecule is Cc1ccc(-n2nnc(C(=O)NCCCc3ccccc3)c2CSc2ncccn2)cc1. The van der Waals surface area contributed by atoms with Crippen LogP contribution < -0.4 is 5.32 Å². The molecule has 2 heterocycles. The highest BCUT2D eigenvalue weighted by atomic mass is 32.2. The van der Waals surface area contributed by atoms with E-state index in [-0.39, 0.29) is 5.91 Å². The first kappa shape index (κ1) is 21.7. The van der Waals surface area contributed by atoms with Gasteiger partial charge in [-0.05, 0) is 43.5 Å². The minimum Gasteiger partial charge on any atom is -0.351 e. The summed E-state index contributed by atoms with van der Waals surface area (Å²) in [5.41, 5.74) is 4.31. The lowest BCUT2D eigenvalue weighted by Gasteiger charge is -2.09. The van der Waals surface area contributed by atoms with Gasteiger partial charge < -0.3 is 5.32 Å². The van der Waals surface area contributed by atoms with Crippen LogP contribution in [-0.4, -0.2) is 37.4 Å². The summed E-state index contributed by atoms with van der Waals surface area (Å²) in [5, 5.41) is 12.1. The zero-order chi connectivity index (χ0) is 22.2. The highest BCUT2D eigenvalue weighted by Crippen LogP contribution is 2.23. The van der Waals surface area contributed by atoms with Crippen molar-refractivity contribution in [1.82, 2.24) is 30.3 Å². The molecule has 7 nitrogen and oxygen atoms in total. The minimum atomic E-state index is -0.221.